The van der Waals surface area contributed by atoms with Crippen LogP contribution >= 0.6 is 0 Å². The monoisotopic (exact) mass is 288 g/mol. The molecule has 1 aliphatic carbocycles. The number of nitrogens with one attached hydrogen (secondary N) is 1. The fourth-order valence-corrected chi connectivity index (χ4v) is 3.49. The lowest BCUT2D eigenvalue weighted by molar-refractivity contribution is 0.567. The summed E-state index contributed by atoms with van der Waals surface area (Å²) in [6, 6.07) is 2.69. The Kier molecular flexibility index (Phi) is 4.94. The normalized spacial score (nSPS) is 21.1. The van der Waals surface area contributed by atoms with Gasteiger partial charge in [-0.25, -0.2) is 4.98 Å². The highest BCUT2D eigenvalue weighted by molar-refractivity contribution is 5.44. The first-order valence-electron chi connectivity index (χ1n) is 8.68. The van der Waals surface area contributed by atoms with Crippen LogP contribution in [0.15, 0.2) is 6.07 Å². The number of aryl methyl sites for hydroxylation is 1. The molecule has 4 nitrogen and oxygen atoms in total. The van der Waals surface area contributed by atoms with Crippen LogP contribution in [-0.2, 0) is 0 Å². The summed E-state index contributed by atoms with van der Waals surface area (Å²) in [6.45, 7) is 4.28. The highest BCUT2D eigenvalue weighted by atomic mass is 15.3. The zero-order valence-electron chi connectivity index (χ0n) is 13.3. The zero-order chi connectivity index (χ0) is 14.5. The van der Waals surface area contributed by atoms with Crippen LogP contribution in [0.4, 0.5) is 11.8 Å². The van der Waals surface area contributed by atoms with Crippen molar-refractivity contribution >= 4 is 11.8 Å². The van der Waals surface area contributed by atoms with Crippen LogP contribution in [-0.4, -0.2) is 29.1 Å². The first kappa shape index (κ1) is 14.6. The van der Waals surface area contributed by atoms with E-state index in [1.54, 1.807) is 0 Å². The van der Waals surface area contributed by atoms with Gasteiger partial charge in [-0.15, -0.1) is 0 Å². The van der Waals surface area contributed by atoms with E-state index in [1.165, 1.54) is 57.8 Å². The molecule has 2 heterocycles. The fraction of sp³-hybridized carbons (Fsp3) is 0.765. The van der Waals surface area contributed by atoms with Gasteiger partial charge in [-0.05, 0) is 39.0 Å². The van der Waals surface area contributed by atoms with Crippen molar-refractivity contribution < 1.29 is 0 Å². The van der Waals surface area contributed by atoms with Crippen molar-refractivity contribution in [3.05, 3.63) is 11.8 Å². The molecule has 1 aliphatic heterocycles. The molecule has 0 unspecified atom stereocenters. The number of hydrogen-bond acceptors (Lipinski definition) is 4. The maximum absolute atomic E-state index is 4.79. The van der Waals surface area contributed by atoms with Crippen LogP contribution in [0.1, 0.15) is 63.5 Å². The second kappa shape index (κ2) is 7.10. The van der Waals surface area contributed by atoms with Gasteiger partial charge in [0.25, 0.3) is 0 Å². The quantitative estimate of drug-likeness (QED) is 0.856. The molecule has 1 aromatic rings. The number of aromatic nitrogens is 2. The molecular formula is C17H28N4. The van der Waals surface area contributed by atoms with E-state index in [4.69, 9.17) is 4.98 Å². The van der Waals surface area contributed by atoms with Gasteiger partial charge in [-0.3, -0.25) is 0 Å². The minimum atomic E-state index is 0.594. The van der Waals surface area contributed by atoms with Crippen LogP contribution in [0, 0.1) is 6.92 Å². The minimum Gasteiger partial charge on any atom is -0.367 e. The lowest BCUT2D eigenvalue weighted by atomic mass is 10.1. The topological polar surface area (TPSA) is 41.1 Å². The SMILES string of the molecule is Cc1cc(NC2CCCCCC2)nc(N2CCCCC2)n1. The molecule has 0 spiro atoms. The number of nitrogens with zero attached hydrogens (tertiary/aromatic N) is 3. The number of hydrogen-bond donors (Lipinski definition) is 1. The first-order chi connectivity index (χ1) is 10.3. The third kappa shape index (κ3) is 4.08. The molecule has 0 aromatic carbocycles. The van der Waals surface area contributed by atoms with E-state index in [9.17, 15) is 0 Å². The Bertz CT molecular complexity index is 446. The number of piperidine rings is 1. The average molecular weight is 288 g/mol. The van der Waals surface area contributed by atoms with E-state index in [1.807, 2.05) is 0 Å². The van der Waals surface area contributed by atoms with Gasteiger partial charge >= 0.3 is 0 Å². The summed E-state index contributed by atoms with van der Waals surface area (Å²) >= 11 is 0. The molecule has 0 radical (unpaired) electrons. The molecule has 0 amide bonds. The summed E-state index contributed by atoms with van der Waals surface area (Å²) in [4.78, 5) is 11.8. The van der Waals surface area contributed by atoms with E-state index >= 15 is 0 Å². The molecule has 1 saturated carbocycles. The molecule has 2 aliphatic rings. The summed E-state index contributed by atoms with van der Waals surface area (Å²) < 4.78 is 0. The van der Waals surface area contributed by atoms with Crippen LogP contribution in [0.25, 0.3) is 0 Å². The van der Waals surface area contributed by atoms with Gasteiger partial charge in [0.15, 0.2) is 0 Å². The maximum atomic E-state index is 4.79. The predicted octanol–water partition coefficient (Wildman–Crippen LogP) is 3.91. The van der Waals surface area contributed by atoms with Gasteiger partial charge in [-0.2, -0.15) is 4.98 Å². The van der Waals surface area contributed by atoms with Gasteiger partial charge in [0.2, 0.25) is 5.95 Å². The Morgan fingerprint density at radius 2 is 1.62 bits per heavy atom. The Morgan fingerprint density at radius 3 is 2.33 bits per heavy atom. The second-order valence-corrected chi connectivity index (χ2v) is 6.58. The highest BCUT2D eigenvalue weighted by Crippen LogP contribution is 2.23. The maximum Gasteiger partial charge on any atom is 0.227 e. The van der Waals surface area contributed by atoms with Crippen LogP contribution in [0.5, 0.6) is 0 Å². The van der Waals surface area contributed by atoms with Crippen LogP contribution in [0.2, 0.25) is 0 Å². The summed E-state index contributed by atoms with van der Waals surface area (Å²) in [7, 11) is 0. The lowest BCUT2D eigenvalue weighted by Gasteiger charge is -2.27. The smallest absolute Gasteiger partial charge is 0.227 e. The largest absolute Gasteiger partial charge is 0.367 e. The van der Waals surface area contributed by atoms with Crippen molar-refractivity contribution in [2.75, 3.05) is 23.3 Å². The zero-order valence-corrected chi connectivity index (χ0v) is 13.3. The van der Waals surface area contributed by atoms with Crippen molar-refractivity contribution in [1.29, 1.82) is 0 Å². The summed E-state index contributed by atoms with van der Waals surface area (Å²) in [5.74, 6) is 1.95. The molecule has 0 bridgehead atoms. The van der Waals surface area contributed by atoms with Crippen LogP contribution in [0.3, 0.4) is 0 Å². The van der Waals surface area contributed by atoms with Crippen molar-refractivity contribution in [2.45, 2.75) is 70.8 Å². The van der Waals surface area contributed by atoms with Gasteiger partial charge in [-0.1, -0.05) is 25.7 Å². The average Bonchev–Trinajstić information content (AvgIpc) is 2.76. The molecule has 3 rings (SSSR count). The summed E-state index contributed by atoms with van der Waals surface area (Å²) in [6.07, 6.45) is 11.9. The second-order valence-electron chi connectivity index (χ2n) is 6.58. The molecular weight excluding hydrogens is 260 g/mol. The van der Waals surface area contributed by atoms with Crippen molar-refractivity contribution in [3.63, 3.8) is 0 Å². The number of anilines is 2. The van der Waals surface area contributed by atoms with E-state index in [0.29, 0.717) is 6.04 Å². The van der Waals surface area contributed by atoms with Crippen molar-refractivity contribution in [2.24, 2.45) is 0 Å². The van der Waals surface area contributed by atoms with E-state index in [0.717, 1.165) is 30.5 Å². The van der Waals surface area contributed by atoms with E-state index in [2.05, 4.69) is 28.2 Å². The van der Waals surface area contributed by atoms with E-state index in [-0.39, 0.29) is 0 Å². The minimum absolute atomic E-state index is 0.594. The van der Waals surface area contributed by atoms with Gasteiger partial charge in [0.1, 0.15) is 5.82 Å². The first-order valence-corrected chi connectivity index (χ1v) is 8.68. The fourth-order valence-electron chi connectivity index (χ4n) is 3.49. The molecule has 1 saturated heterocycles. The summed E-state index contributed by atoms with van der Waals surface area (Å²) in [5, 5.41) is 3.66. The molecule has 1 aromatic heterocycles. The van der Waals surface area contributed by atoms with Gasteiger partial charge in [0.05, 0.1) is 0 Å². The molecule has 4 heteroatoms. The van der Waals surface area contributed by atoms with Crippen molar-refractivity contribution in [1.82, 2.24) is 9.97 Å². The predicted molar refractivity (Wildman–Crippen MR) is 87.9 cm³/mol. The molecule has 21 heavy (non-hydrogen) atoms. The Balaban J connectivity index is 1.70. The molecule has 1 N–H and O–H groups in total. The van der Waals surface area contributed by atoms with Crippen LogP contribution < -0.4 is 10.2 Å². The van der Waals surface area contributed by atoms with Gasteiger partial charge < -0.3 is 10.2 Å². The lowest BCUT2D eigenvalue weighted by Crippen LogP contribution is -2.31. The third-order valence-electron chi connectivity index (χ3n) is 4.69. The highest BCUT2D eigenvalue weighted by Gasteiger charge is 2.16. The molecule has 2 fully saturated rings. The molecule has 116 valence electrons. The Hall–Kier alpha value is -1.32. The number of rotatable bonds is 3. The van der Waals surface area contributed by atoms with Gasteiger partial charge in [0, 0.05) is 30.9 Å². The summed E-state index contributed by atoms with van der Waals surface area (Å²) in [5.41, 5.74) is 1.07. The van der Waals surface area contributed by atoms with Crippen molar-refractivity contribution in [3.8, 4) is 0 Å². The molecule has 0 atom stereocenters. The third-order valence-corrected chi connectivity index (χ3v) is 4.69. The Morgan fingerprint density at radius 1 is 0.952 bits per heavy atom. The van der Waals surface area contributed by atoms with E-state index < -0.39 is 0 Å². The standard InChI is InChI=1S/C17H28N4/c1-14-13-16(19-15-9-5-2-3-6-10-15)20-17(18-14)21-11-7-4-8-12-21/h13,15H,2-12H2,1H3,(H,18,19,20). The Labute approximate surface area is 128 Å².